The van der Waals surface area contributed by atoms with E-state index in [0.29, 0.717) is 25.3 Å². The van der Waals surface area contributed by atoms with Gasteiger partial charge in [-0.15, -0.1) is 0 Å². The smallest absolute Gasteiger partial charge is 0.326 e. The van der Waals surface area contributed by atoms with Crippen molar-refractivity contribution in [3.8, 4) is 0 Å². The van der Waals surface area contributed by atoms with Crippen LogP contribution in [0.1, 0.15) is 51.6 Å². The minimum absolute atomic E-state index is 0.0120. The Hall–Kier alpha value is -1.95. The molecule has 0 saturated carbocycles. The number of pyridine rings is 1. The molecule has 1 N–H and O–H groups in total. The third kappa shape index (κ3) is 3.90. The average molecular weight is 361 g/mol. The molecule has 0 unspecified atom stereocenters. The van der Waals surface area contributed by atoms with E-state index in [1.54, 1.807) is 12.4 Å². The first-order valence-electron chi connectivity index (χ1n) is 9.36. The molecule has 3 atom stereocenters. The third-order valence-corrected chi connectivity index (χ3v) is 5.25. The molecule has 0 bridgehead atoms. The van der Waals surface area contributed by atoms with Crippen molar-refractivity contribution < 1.29 is 14.3 Å². The number of hydrogen-bond acceptors (Lipinski definition) is 5. The molecule has 6 heteroatoms. The Morgan fingerprint density at radius 2 is 2.19 bits per heavy atom. The molecule has 144 valence electrons. The van der Waals surface area contributed by atoms with E-state index in [1.165, 1.54) is 7.11 Å². The monoisotopic (exact) mass is 361 g/mol. The van der Waals surface area contributed by atoms with Crippen molar-refractivity contribution in [1.82, 2.24) is 15.2 Å². The van der Waals surface area contributed by atoms with Crippen molar-refractivity contribution in [3.63, 3.8) is 0 Å². The number of likely N-dealkylation sites (N-methyl/N-ethyl adjacent to an activating group) is 1. The number of nitrogens with one attached hydrogen (secondary N) is 1. The van der Waals surface area contributed by atoms with E-state index in [9.17, 15) is 9.59 Å². The number of nitrogens with zero attached hydrogens (tertiary/aromatic N) is 2. The van der Waals surface area contributed by atoms with Gasteiger partial charge in [0.1, 0.15) is 5.54 Å². The van der Waals surface area contributed by atoms with Crippen molar-refractivity contribution in [1.29, 1.82) is 0 Å². The fourth-order valence-corrected chi connectivity index (χ4v) is 4.18. The van der Waals surface area contributed by atoms with Crippen molar-refractivity contribution in [2.45, 2.75) is 51.6 Å². The molecule has 6 nitrogen and oxygen atoms in total. The van der Waals surface area contributed by atoms with Gasteiger partial charge in [0.25, 0.3) is 0 Å². The van der Waals surface area contributed by atoms with E-state index >= 15 is 0 Å². The summed E-state index contributed by atoms with van der Waals surface area (Å²) in [7, 11) is 3.34. The molecule has 1 aromatic rings. The Bertz CT molecular complexity index is 620. The number of likely N-dealkylation sites (tertiary alicyclic amines) is 1. The molecule has 1 saturated heterocycles. The lowest BCUT2D eigenvalue weighted by Crippen LogP contribution is -2.50. The fourth-order valence-electron chi connectivity index (χ4n) is 4.18. The second-order valence-electron chi connectivity index (χ2n) is 7.56. The number of rotatable bonds is 7. The summed E-state index contributed by atoms with van der Waals surface area (Å²) in [5, 5.41) is 3.00. The van der Waals surface area contributed by atoms with Crippen LogP contribution in [0.4, 0.5) is 0 Å². The lowest BCUT2D eigenvalue weighted by molar-refractivity contribution is -0.154. The van der Waals surface area contributed by atoms with Gasteiger partial charge in [-0.3, -0.25) is 19.5 Å². The maximum Gasteiger partial charge on any atom is 0.326 e. The van der Waals surface area contributed by atoms with Gasteiger partial charge in [-0.1, -0.05) is 26.8 Å². The first-order chi connectivity index (χ1) is 12.4. The molecule has 0 aromatic carbocycles. The summed E-state index contributed by atoms with van der Waals surface area (Å²) < 4.78 is 5.17. The maximum absolute atomic E-state index is 12.9. The van der Waals surface area contributed by atoms with Gasteiger partial charge >= 0.3 is 5.97 Å². The highest BCUT2D eigenvalue weighted by molar-refractivity contribution is 5.86. The molecule has 1 aliphatic rings. The third-order valence-electron chi connectivity index (χ3n) is 5.25. The number of carbonyl (C=O) groups is 2. The number of ether oxygens (including phenoxy) is 1. The average Bonchev–Trinajstić information content (AvgIpc) is 2.92. The van der Waals surface area contributed by atoms with Crippen LogP contribution in [0.25, 0.3) is 0 Å². The summed E-state index contributed by atoms with van der Waals surface area (Å²) in [5.41, 5.74) is 0.138. The summed E-state index contributed by atoms with van der Waals surface area (Å²) in [4.78, 5) is 32.0. The Morgan fingerprint density at radius 3 is 2.73 bits per heavy atom. The maximum atomic E-state index is 12.9. The van der Waals surface area contributed by atoms with E-state index in [1.807, 2.05) is 31.0 Å². The summed E-state index contributed by atoms with van der Waals surface area (Å²) in [6, 6.07) is 3.63. The number of methoxy groups -OCH3 is 1. The number of hydrogen-bond donors (Lipinski definition) is 1. The predicted molar refractivity (Wildman–Crippen MR) is 100 cm³/mol. The molecular weight excluding hydrogens is 330 g/mol. The van der Waals surface area contributed by atoms with Crippen LogP contribution in [0.15, 0.2) is 24.5 Å². The fraction of sp³-hybridized carbons (Fsp3) is 0.650. The van der Waals surface area contributed by atoms with Crippen molar-refractivity contribution >= 4 is 11.9 Å². The second kappa shape index (κ2) is 8.62. The van der Waals surface area contributed by atoms with Gasteiger partial charge in [0, 0.05) is 25.0 Å². The summed E-state index contributed by atoms with van der Waals surface area (Å²) in [6.45, 7) is 6.83. The van der Waals surface area contributed by atoms with Crippen LogP contribution in [0.5, 0.6) is 0 Å². The van der Waals surface area contributed by atoms with Gasteiger partial charge in [0.2, 0.25) is 5.91 Å². The van der Waals surface area contributed by atoms with E-state index in [4.69, 9.17) is 4.74 Å². The molecule has 0 spiro atoms. The quantitative estimate of drug-likeness (QED) is 0.756. The number of esters is 1. The second-order valence-corrected chi connectivity index (χ2v) is 7.56. The van der Waals surface area contributed by atoms with Crippen LogP contribution in [0, 0.1) is 11.8 Å². The summed E-state index contributed by atoms with van der Waals surface area (Å²) in [5.74, 6) is -0.312. The minimum Gasteiger partial charge on any atom is -0.468 e. The van der Waals surface area contributed by atoms with Gasteiger partial charge < -0.3 is 10.1 Å². The lowest BCUT2D eigenvalue weighted by atomic mass is 9.83. The molecule has 1 aliphatic heterocycles. The Balaban J connectivity index is 2.47. The summed E-state index contributed by atoms with van der Waals surface area (Å²) >= 11 is 0. The van der Waals surface area contributed by atoms with Gasteiger partial charge in [-0.25, -0.2) is 0 Å². The van der Waals surface area contributed by atoms with Crippen LogP contribution in [0.2, 0.25) is 0 Å². The van der Waals surface area contributed by atoms with Crippen molar-refractivity contribution in [2.75, 3.05) is 20.7 Å². The molecular formula is C20H31N3O3. The van der Waals surface area contributed by atoms with Gasteiger partial charge in [0.15, 0.2) is 0 Å². The molecule has 0 radical (unpaired) electrons. The van der Waals surface area contributed by atoms with E-state index in [-0.39, 0.29) is 23.8 Å². The van der Waals surface area contributed by atoms with Crippen LogP contribution in [-0.2, 0) is 14.3 Å². The zero-order valence-corrected chi connectivity index (χ0v) is 16.5. The Labute approximate surface area is 156 Å². The largest absolute Gasteiger partial charge is 0.468 e. The van der Waals surface area contributed by atoms with E-state index in [0.717, 1.165) is 12.0 Å². The first-order valence-corrected chi connectivity index (χ1v) is 9.36. The first kappa shape index (κ1) is 20.4. The SMILES string of the molecule is CCCNC(=O)[C@H]1C[C@@](CC(C)C)(C(=O)OC)N(C)[C@H]1c1cccnc1. The number of aromatic nitrogens is 1. The topological polar surface area (TPSA) is 71.5 Å². The highest BCUT2D eigenvalue weighted by atomic mass is 16.5. The van der Waals surface area contributed by atoms with Crippen LogP contribution in [-0.4, -0.2) is 48.0 Å². The van der Waals surface area contributed by atoms with Gasteiger partial charge in [-0.05, 0) is 43.9 Å². The number of carbonyl (C=O) groups excluding carboxylic acids is 2. The Morgan fingerprint density at radius 1 is 1.46 bits per heavy atom. The van der Waals surface area contributed by atoms with Gasteiger partial charge in [-0.2, -0.15) is 0 Å². The molecule has 0 aliphatic carbocycles. The van der Waals surface area contributed by atoms with Gasteiger partial charge in [0.05, 0.1) is 13.0 Å². The molecule has 1 fully saturated rings. The predicted octanol–water partition coefficient (Wildman–Crippen LogP) is 2.56. The van der Waals surface area contributed by atoms with E-state index in [2.05, 4.69) is 24.1 Å². The lowest BCUT2D eigenvalue weighted by Gasteiger charge is -2.37. The van der Waals surface area contributed by atoms with Crippen LogP contribution >= 0.6 is 0 Å². The zero-order valence-electron chi connectivity index (χ0n) is 16.5. The van der Waals surface area contributed by atoms with Crippen LogP contribution in [0.3, 0.4) is 0 Å². The van der Waals surface area contributed by atoms with Crippen molar-refractivity contribution in [3.05, 3.63) is 30.1 Å². The highest BCUT2D eigenvalue weighted by Crippen LogP contribution is 2.48. The molecule has 1 amide bonds. The number of amides is 1. The standard InChI is InChI=1S/C20H31N3O3/c1-6-9-22-18(24)16-12-20(11-14(2)3,19(25)26-5)23(4)17(16)15-8-7-10-21-13-15/h7-8,10,13-14,16-17H,6,9,11-12H2,1-5H3,(H,22,24)/t16-,17-,20-/m0/s1. The molecule has 2 rings (SSSR count). The Kier molecular flexibility index (Phi) is 6.75. The molecule has 26 heavy (non-hydrogen) atoms. The highest BCUT2D eigenvalue weighted by Gasteiger charge is 2.57. The van der Waals surface area contributed by atoms with E-state index < -0.39 is 5.54 Å². The summed E-state index contributed by atoms with van der Waals surface area (Å²) in [6.07, 6.45) is 5.46. The van der Waals surface area contributed by atoms with Crippen molar-refractivity contribution in [2.24, 2.45) is 11.8 Å². The normalized spacial score (nSPS) is 26.1. The minimum atomic E-state index is -0.808. The molecule has 2 heterocycles. The zero-order chi connectivity index (χ0) is 19.3. The molecule has 1 aromatic heterocycles. The van der Waals surface area contributed by atoms with Crippen LogP contribution < -0.4 is 5.32 Å².